The summed E-state index contributed by atoms with van der Waals surface area (Å²) in [6.07, 6.45) is 1.19. The summed E-state index contributed by atoms with van der Waals surface area (Å²) >= 11 is 0. The van der Waals surface area contributed by atoms with E-state index in [0.717, 1.165) is 0 Å². The second kappa shape index (κ2) is 7.24. The zero-order chi connectivity index (χ0) is 15.2. The summed E-state index contributed by atoms with van der Waals surface area (Å²) in [6.45, 7) is 7.81. The third-order valence-corrected chi connectivity index (χ3v) is 3.21. The molecule has 0 atom stereocenters. The fourth-order valence-corrected chi connectivity index (χ4v) is 1.68. The van der Waals surface area contributed by atoms with E-state index < -0.39 is 5.60 Å². The van der Waals surface area contributed by atoms with Crippen LogP contribution in [-0.2, 0) is 0 Å². The molecule has 0 radical (unpaired) electrons. The van der Waals surface area contributed by atoms with Gasteiger partial charge in [-0.05, 0) is 32.8 Å². The molecule has 5 heteroatoms. The molecule has 5 nitrogen and oxygen atoms in total. The van der Waals surface area contributed by atoms with Crippen molar-refractivity contribution in [3.8, 4) is 5.88 Å². The number of nitrogens with zero attached hydrogens (tertiary/aromatic N) is 1. The molecule has 0 saturated carbocycles. The molecule has 0 aliphatic heterocycles. The minimum atomic E-state index is -0.859. The van der Waals surface area contributed by atoms with Gasteiger partial charge in [0.05, 0.1) is 11.7 Å². The second-order valence-electron chi connectivity index (χ2n) is 5.14. The third kappa shape index (κ3) is 4.81. The van der Waals surface area contributed by atoms with E-state index in [-0.39, 0.29) is 24.2 Å². The first-order valence-corrected chi connectivity index (χ1v) is 7.04. The minimum absolute atomic E-state index is 0.00563. The van der Waals surface area contributed by atoms with Crippen LogP contribution in [0.2, 0.25) is 0 Å². The molecule has 1 heterocycles. The molecule has 0 aliphatic rings. The Morgan fingerprint density at radius 3 is 2.60 bits per heavy atom. The maximum atomic E-state index is 12.0. The number of carbonyl (C=O) groups is 1. The quantitative estimate of drug-likeness (QED) is 0.803. The summed E-state index contributed by atoms with van der Waals surface area (Å²) < 4.78 is 5.45. The lowest BCUT2D eigenvalue weighted by atomic mass is 9.97. The predicted molar refractivity (Wildman–Crippen MR) is 77.9 cm³/mol. The highest BCUT2D eigenvalue weighted by molar-refractivity contribution is 5.92. The van der Waals surface area contributed by atoms with Crippen molar-refractivity contribution in [1.29, 1.82) is 0 Å². The molecular formula is C15H24N2O3. The molecule has 0 fully saturated rings. The van der Waals surface area contributed by atoms with Crippen molar-refractivity contribution < 1.29 is 14.6 Å². The van der Waals surface area contributed by atoms with E-state index in [4.69, 9.17) is 4.74 Å². The molecule has 1 rings (SSSR count). The average molecular weight is 280 g/mol. The SMILES string of the molecule is CCC(O)(CC)CNC(=O)c1cccc(OC(C)C)n1. The molecule has 1 amide bonds. The van der Waals surface area contributed by atoms with E-state index in [1.54, 1.807) is 18.2 Å². The fraction of sp³-hybridized carbons (Fsp3) is 0.600. The van der Waals surface area contributed by atoms with E-state index in [9.17, 15) is 9.90 Å². The Hall–Kier alpha value is -1.62. The number of nitrogens with one attached hydrogen (secondary N) is 1. The van der Waals surface area contributed by atoms with Crippen LogP contribution >= 0.6 is 0 Å². The highest BCUT2D eigenvalue weighted by Crippen LogP contribution is 2.14. The van der Waals surface area contributed by atoms with E-state index in [0.29, 0.717) is 18.7 Å². The Kier molecular flexibility index (Phi) is 5.95. The summed E-state index contributed by atoms with van der Waals surface area (Å²) in [6, 6.07) is 5.07. The summed E-state index contributed by atoms with van der Waals surface area (Å²) in [5.74, 6) is 0.119. The van der Waals surface area contributed by atoms with Crippen LogP contribution in [-0.4, -0.2) is 34.2 Å². The first kappa shape index (κ1) is 16.4. The molecule has 112 valence electrons. The smallest absolute Gasteiger partial charge is 0.270 e. The molecule has 1 aromatic heterocycles. The van der Waals surface area contributed by atoms with E-state index in [1.807, 2.05) is 27.7 Å². The van der Waals surface area contributed by atoms with Crippen LogP contribution in [0, 0.1) is 0 Å². The number of aromatic nitrogens is 1. The maximum Gasteiger partial charge on any atom is 0.270 e. The van der Waals surface area contributed by atoms with Crippen molar-refractivity contribution in [3.63, 3.8) is 0 Å². The van der Waals surface area contributed by atoms with E-state index in [1.165, 1.54) is 0 Å². The number of ether oxygens (including phenoxy) is 1. The third-order valence-electron chi connectivity index (χ3n) is 3.21. The number of aliphatic hydroxyl groups is 1. The van der Waals surface area contributed by atoms with Gasteiger partial charge >= 0.3 is 0 Å². The van der Waals surface area contributed by atoms with Gasteiger partial charge in [-0.25, -0.2) is 4.98 Å². The van der Waals surface area contributed by atoms with Crippen LogP contribution in [0.15, 0.2) is 18.2 Å². The summed E-state index contributed by atoms with van der Waals surface area (Å²) in [5, 5.41) is 12.9. The standard InChI is InChI=1S/C15H24N2O3/c1-5-15(19,6-2)10-16-14(18)12-8-7-9-13(17-12)20-11(3)4/h7-9,11,19H,5-6,10H2,1-4H3,(H,16,18). The van der Waals surface area contributed by atoms with Crippen LogP contribution in [0.4, 0.5) is 0 Å². The number of amides is 1. The topological polar surface area (TPSA) is 71.5 Å². The first-order valence-electron chi connectivity index (χ1n) is 7.04. The van der Waals surface area contributed by atoms with Gasteiger partial charge in [-0.15, -0.1) is 0 Å². The lowest BCUT2D eigenvalue weighted by Gasteiger charge is -2.25. The van der Waals surface area contributed by atoms with Crippen LogP contribution in [0.5, 0.6) is 5.88 Å². The zero-order valence-electron chi connectivity index (χ0n) is 12.6. The van der Waals surface area contributed by atoms with Crippen molar-refractivity contribution in [2.24, 2.45) is 0 Å². The van der Waals surface area contributed by atoms with Gasteiger partial charge in [0.2, 0.25) is 5.88 Å². The van der Waals surface area contributed by atoms with Crippen LogP contribution in [0.1, 0.15) is 51.0 Å². The van der Waals surface area contributed by atoms with Crippen molar-refractivity contribution in [1.82, 2.24) is 10.3 Å². The Morgan fingerprint density at radius 2 is 2.05 bits per heavy atom. The molecule has 1 aromatic rings. The minimum Gasteiger partial charge on any atom is -0.475 e. The van der Waals surface area contributed by atoms with E-state index in [2.05, 4.69) is 10.3 Å². The molecule has 0 bridgehead atoms. The highest BCUT2D eigenvalue weighted by atomic mass is 16.5. The highest BCUT2D eigenvalue weighted by Gasteiger charge is 2.23. The molecular weight excluding hydrogens is 256 g/mol. The van der Waals surface area contributed by atoms with Gasteiger partial charge in [0, 0.05) is 12.6 Å². The van der Waals surface area contributed by atoms with Crippen LogP contribution in [0.3, 0.4) is 0 Å². The lowest BCUT2D eigenvalue weighted by Crippen LogP contribution is -2.42. The van der Waals surface area contributed by atoms with Gasteiger partial charge in [-0.3, -0.25) is 4.79 Å². The van der Waals surface area contributed by atoms with Crippen molar-refractivity contribution in [2.75, 3.05) is 6.54 Å². The number of hydrogen-bond donors (Lipinski definition) is 2. The maximum absolute atomic E-state index is 12.0. The Morgan fingerprint density at radius 1 is 1.40 bits per heavy atom. The first-order chi connectivity index (χ1) is 9.40. The van der Waals surface area contributed by atoms with Gasteiger partial charge in [0.15, 0.2) is 0 Å². The molecule has 0 unspecified atom stereocenters. The Bertz CT molecular complexity index is 442. The summed E-state index contributed by atoms with van der Waals surface area (Å²) in [7, 11) is 0. The van der Waals surface area contributed by atoms with Gasteiger partial charge < -0.3 is 15.2 Å². The molecule has 2 N–H and O–H groups in total. The summed E-state index contributed by atoms with van der Waals surface area (Å²) in [4.78, 5) is 16.2. The molecule has 0 aliphatic carbocycles. The monoisotopic (exact) mass is 280 g/mol. The molecule has 0 saturated heterocycles. The number of carbonyl (C=O) groups excluding carboxylic acids is 1. The molecule has 0 spiro atoms. The normalized spacial score (nSPS) is 11.5. The number of rotatable bonds is 7. The Balaban J connectivity index is 2.68. The van der Waals surface area contributed by atoms with Gasteiger partial charge in [0.1, 0.15) is 5.69 Å². The van der Waals surface area contributed by atoms with Crippen LogP contribution < -0.4 is 10.1 Å². The van der Waals surface area contributed by atoms with Gasteiger partial charge in [-0.2, -0.15) is 0 Å². The predicted octanol–water partition coefficient (Wildman–Crippen LogP) is 2.15. The van der Waals surface area contributed by atoms with Crippen molar-refractivity contribution in [3.05, 3.63) is 23.9 Å². The second-order valence-corrected chi connectivity index (χ2v) is 5.14. The van der Waals surface area contributed by atoms with E-state index >= 15 is 0 Å². The number of pyridine rings is 1. The lowest BCUT2D eigenvalue weighted by molar-refractivity contribution is 0.0313. The van der Waals surface area contributed by atoms with Crippen LogP contribution in [0.25, 0.3) is 0 Å². The molecule has 20 heavy (non-hydrogen) atoms. The average Bonchev–Trinajstić information content (AvgIpc) is 2.44. The zero-order valence-corrected chi connectivity index (χ0v) is 12.6. The fourth-order valence-electron chi connectivity index (χ4n) is 1.68. The van der Waals surface area contributed by atoms with Crippen molar-refractivity contribution in [2.45, 2.75) is 52.2 Å². The summed E-state index contributed by atoms with van der Waals surface area (Å²) in [5.41, 5.74) is -0.570. The molecule has 0 aromatic carbocycles. The Labute approximate surface area is 120 Å². The number of hydrogen-bond acceptors (Lipinski definition) is 4. The largest absolute Gasteiger partial charge is 0.475 e. The van der Waals surface area contributed by atoms with Gasteiger partial charge in [-0.1, -0.05) is 19.9 Å². The van der Waals surface area contributed by atoms with Gasteiger partial charge in [0.25, 0.3) is 5.91 Å². The van der Waals surface area contributed by atoms with Crippen molar-refractivity contribution >= 4 is 5.91 Å².